The van der Waals surface area contributed by atoms with Crippen LogP contribution in [0.5, 0.6) is 0 Å². The molecule has 1 aromatic carbocycles. The number of anilines is 1. The van der Waals surface area contributed by atoms with Gasteiger partial charge >= 0.3 is 11.9 Å². The summed E-state index contributed by atoms with van der Waals surface area (Å²) in [5.74, 6) is -1.09. The highest BCUT2D eigenvalue weighted by Gasteiger charge is 2.19. The van der Waals surface area contributed by atoms with E-state index in [-0.39, 0.29) is 12.1 Å². The average molecular weight is 303 g/mol. The molecule has 1 aromatic heterocycles. The summed E-state index contributed by atoms with van der Waals surface area (Å²) in [5.41, 5.74) is 13.0. The Hall–Kier alpha value is -2.67. The molecule has 0 aliphatic heterocycles. The molecule has 4 N–H and O–H groups in total. The lowest BCUT2D eigenvalue weighted by atomic mass is 10.0. The van der Waals surface area contributed by atoms with Crippen LogP contribution in [0, 0.1) is 6.92 Å². The Balaban J connectivity index is 1.83. The molecular weight excluding hydrogens is 286 g/mol. The van der Waals surface area contributed by atoms with Crippen LogP contribution in [0.4, 0.5) is 5.69 Å². The van der Waals surface area contributed by atoms with Gasteiger partial charge in [-0.15, -0.1) is 0 Å². The molecule has 0 bridgehead atoms. The molecule has 22 heavy (non-hydrogen) atoms. The SMILES string of the molecule is Cc1cc(C(=O)OC(=O)C[C@H](N)Cc2ccc(N)cc2)no1. The molecular formula is C15H17N3O4. The average Bonchev–Trinajstić information content (AvgIpc) is 2.88. The molecule has 0 fully saturated rings. The molecule has 0 spiro atoms. The number of hydrogen-bond donors (Lipinski definition) is 2. The minimum atomic E-state index is -0.846. The normalized spacial score (nSPS) is 11.9. The first-order valence-corrected chi connectivity index (χ1v) is 6.72. The number of esters is 2. The number of carbonyl (C=O) groups is 2. The summed E-state index contributed by atoms with van der Waals surface area (Å²) in [7, 11) is 0. The summed E-state index contributed by atoms with van der Waals surface area (Å²) in [4.78, 5) is 23.3. The maximum absolute atomic E-state index is 11.7. The highest BCUT2D eigenvalue weighted by atomic mass is 16.6. The van der Waals surface area contributed by atoms with E-state index in [9.17, 15) is 9.59 Å². The minimum Gasteiger partial charge on any atom is -0.399 e. The zero-order chi connectivity index (χ0) is 16.1. The van der Waals surface area contributed by atoms with Gasteiger partial charge in [0.1, 0.15) is 5.76 Å². The number of rotatable bonds is 5. The van der Waals surface area contributed by atoms with Gasteiger partial charge in [-0.1, -0.05) is 17.3 Å². The molecule has 0 saturated heterocycles. The van der Waals surface area contributed by atoms with Crippen molar-refractivity contribution >= 4 is 17.6 Å². The van der Waals surface area contributed by atoms with E-state index >= 15 is 0 Å². The number of ether oxygens (including phenoxy) is 1. The predicted molar refractivity (Wildman–Crippen MR) is 78.8 cm³/mol. The van der Waals surface area contributed by atoms with Gasteiger partial charge in [0.25, 0.3) is 0 Å². The van der Waals surface area contributed by atoms with E-state index in [1.165, 1.54) is 6.07 Å². The highest BCUT2D eigenvalue weighted by molar-refractivity contribution is 5.95. The molecule has 2 rings (SSSR count). The topological polar surface area (TPSA) is 121 Å². The van der Waals surface area contributed by atoms with Crippen molar-refractivity contribution in [2.24, 2.45) is 5.73 Å². The van der Waals surface area contributed by atoms with E-state index in [4.69, 9.17) is 16.0 Å². The second-order valence-corrected chi connectivity index (χ2v) is 4.99. The third-order valence-corrected chi connectivity index (χ3v) is 2.95. The third-order valence-electron chi connectivity index (χ3n) is 2.95. The Morgan fingerprint density at radius 1 is 1.32 bits per heavy atom. The molecule has 0 saturated carbocycles. The van der Waals surface area contributed by atoms with Crippen molar-refractivity contribution in [2.75, 3.05) is 5.73 Å². The summed E-state index contributed by atoms with van der Waals surface area (Å²) in [6.45, 7) is 1.63. The lowest BCUT2D eigenvalue weighted by Crippen LogP contribution is -2.28. The van der Waals surface area contributed by atoms with Crippen LogP contribution in [-0.2, 0) is 16.0 Å². The van der Waals surface area contributed by atoms with Crippen molar-refractivity contribution in [1.82, 2.24) is 5.16 Å². The van der Waals surface area contributed by atoms with Crippen molar-refractivity contribution in [3.8, 4) is 0 Å². The maximum atomic E-state index is 11.7. The lowest BCUT2D eigenvalue weighted by Gasteiger charge is -2.10. The first-order valence-electron chi connectivity index (χ1n) is 6.72. The molecule has 7 nitrogen and oxygen atoms in total. The number of nitrogens with two attached hydrogens (primary N) is 2. The third kappa shape index (κ3) is 4.42. The van der Waals surface area contributed by atoms with Gasteiger partial charge in [0.15, 0.2) is 5.69 Å². The zero-order valence-electron chi connectivity index (χ0n) is 12.1. The summed E-state index contributed by atoms with van der Waals surface area (Å²) in [5, 5.41) is 3.48. The predicted octanol–water partition coefficient (Wildman–Crippen LogP) is 1.21. The van der Waals surface area contributed by atoms with Crippen molar-refractivity contribution in [3.63, 3.8) is 0 Å². The van der Waals surface area contributed by atoms with Gasteiger partial charge in [-0.05, 0) is 31.0 Å². The summed E-state index contributed by atoms with van der Waals surface area (Å²) >= 11 is 0. The summed E-state index contributed by atoms with van der Waals surface area (Å²) in [6.07, 6.45) is 0.402. The van der Waals surface area contributed by atoms with E-state index in [2.05, 4.69) is 9.89 Å². The molecule has 0 aliphatic carbocycles. The van der Waals surface area contributed by atoms with Crippen LogP contribution in [0.2, 0.25) is 0 Å². The van der Waals surface area contributed by atoms with Crippen LogP contribution in [-0.4, -0.2) is 23.1 Å². The largest absolute Gasteiger partial charge is 0.399 e. The fourth-order valence-electron chi connectivity index (χ4n) is 1.90. The number of hydrogen-bond acceptors (Lipinski definition) is 7. The van der Waals surface area contributed by atoms with Gasteiger partial charge in [0.2, 0.25) is 0 Å². The first-order chi connectivity index (χ1) is 10.4. The van der Waals surface area contributed by atoms with Crippen molar-refractivity contribution in [1.29, 1.82) is 0 Å². The van der Waals surface area contributed by atoms with Crippen molar-refractivity contribution < 1.29 is 18.8 Å². The van der Waals surface area contributed by atoms with Crippen molar-refractivity contribution in [2.45, 2.75) is 25.8 Å². The molecule has 0 aliphatic rings. The number of aryl methyl sites for hydroxylation is 1. The highest BCUT2D eigenvalue weighted by Crippen LogP contribution is 2.10. The number of aromatic nitrogens is 1. The van der Waals surface area contributed by atoms with Crippen LogP contribution in [0.3, 0.4) is 0 Å². The Labute approximate surface area is 127 Å². The van der Waals surface area contributed by atoms with Gasteiger partial charge in [-0.25, -0.2) is 4.79 Å². The smallest absolute Gasteiger partial charge is 0.368 e. The lowest BCUT2D eigenvalue weighted by molar-refractivity contribution is -0.138. The van der Waals surface area contributed by atoms with Gasteiger partial charge in [-0.2, -0.15) is 0 Å². The first kappa shape index (κ1) is 15.7. The molecule has 1 heterocycles. The van der Waals surface area contributed by atoms with Gasteiger partial charge in [-0.3, -0.25) is 4.79 Å². The second kappa shape index (κ2) is 6.86. The molecule has 0 unspecified atom stereocenters. The van der Waals surface area contributed by atoms with E-state index in [1.54, 1.807) is 19.1 Å². The number of benzene rings is 1. The standard InChI is InChI=1S/C15H17N3O4/c1-9-6-13(18-22-9)15(20)21-14(19)8-12(17)7-10-2-4-11(16)5-3-10/h2-6,12H,7-8,16-17H2,1H3/t12-/m1/s1. The van der Waals surface area contributed by atoms with Crippen LogP contribution >= 0.6 is 0 Å². The molecule has 7 heteroatoms. The monoisotopic (exact) mass is 303 g/mol. The van der Waals surface area contributed by atoms with E-state index in [0.29, 0.717) is 17.9 Å². The molecule has 0 radical (unpaired) electrons. The van der Waals surface area contributed by atoms with E-state index < -0.39 is 18.0 Å². The van der Waals surface area contributed by atoms with Gasteiger partial charge in [0, 0.05) is 17.8 Å². The molecule has 1 atom stereocenters. The molecule has 2 aromatic rings. The van der Waals surface area contributed by atoms with Gasteiger partial charge < -0.3 is 20.7 Å². The quantitative estimate of drug-likeness (QED) is 0.483. The summed E-state index contributed by atoms with van der Waals surface area (Å²) < 4.78 is 9.42. The second-order valence-electron chi connectivity index (χ2n) is 4.99. The van der Waals surface area contributed by atoms with Gasteiger partial charge in [0.05, 0.1) is 6.42 Å². The fraction of sp³-hybridized carbons (Fsp3) is 0.267. The number of nitrogen functional groups attached to an aromatic ring is 1. The zero-order valence-corrected chi connectivity index (χ0v) is 12.1. The Morgan fingerprint density at radius 2 is 2.00 bits per heavy atom. The Bertz CT molecular complexity index is 664. The maximum Gasteiger partial charge on any atom is 0.368 e. The molecule has 0 amide bonds. The Kier molecular flexibility index (Phi) is 4.90. The van der Waals surface area contributed by atoms with E-state index in [1.807, 2.05) is 12.1 Å². The van der Waals surface area contributed by atoms with Crippen molar-refractivity contribution in [3.05, 3.63) is 47.3 Å². The van der Waals surface area contributed by atoms with Crippen LogP contribution in [0.1, 0.15) is 28.2 Å². The minimum absolute atomic E-state index is 0.0436. The van der Waals surface area contributed by atoms with Crippen LogP contribution in [0.25, 0.3) is 0 Å². The Morgan fingerprint density at radius 3 is 2.59 bits per heavy atom. The van der Waals surface area contributed by atoms with Crippen LogP contribution < -0.4 is 11.5 Å². The van der Waals surface area contributed by atoms with Crippen LogP contribution in [0.15, 0.2) is 34.9 Å². The van der Waals surface area contributed by atoms with E-state index in [0.717, 1.165) is 5.56 Å². The summed E-state index contributed by atoms with van der Waals surface area (Å²) in [6, 6.07) is 8.13. The molecule has 116 valence electrons. The fourth-order valence-corrected chi connectivity index (χ4v) is 1.90. The number of nitrogens with zero attached hydrogens (tertiary/aromatic N) is 1. The number of carbonyl (C=O) groups excluding carboxylic acids is 2.